The largest absolute Gasteiger partial charge is 0.375 e. The standard InChI is InChI=1S/C15H24N2OS/c1-2-13(14-16-8-10-19-14)17-12-5-9-18-15(11-12)6-3-4-7-15/h8,10,12-13,17H,2-7,9,11H2,1H3. The van der Waals surface area contributed by atoms with Crippen LogP contribution in [0, 0.1) is 0 Å². The Morgan fingerprint density at radius 2 is 2.37 bits per heavy atom. The van der Waals surface area contributed by atoms with Crippen molar-refractivity contribution in [2.45, 2.75) is 69.6 Å². The molecule has 2 atom stereocenters. The second-order valence-corrected chi connectivity index (χ2v) is 6.85. The first-order valence-corrected chi connectivity index (χ1v) is 8.49. The molecule has 1 aliphatic heterocycles. The van der Waals surface area contributed by atoms with Gasteiger partial charge in [-0.15, -0.1) is 11.3 Å². The van der Waals surface area contributed by atoms with Gasteiger partial charge >= 0.3 is 0 Å². The molecule has 1 aromatic rings. The Kier molecular flexibility index (Phi) is 4.20. The van der Waals surface area contributed by atoms with Crippen molar-refractivity contribution in [2.75, 3.05) is 6.61 Å². The van der Waals surface area contributed by atoms with E-state index in [0.717, 1.165) is 19.4 Å². The summed E-state index contributed by atoms with van der Waals surface area (Å²) in [4.78, 5) is 4.47. The molecule has 0 bridgehead atoms. The lowest BCUT2D eigenvalue weighted by Gasteiger charge is -2.39. The molecule has 19 heavy (non-hydrogen) atoms. The van der Waals surface area contributed by atoms with Crippen molar-refractivity contribution < 1.29 is 4.74 Å². The third-order valence-corrected chi connectivity index (χ3v) is 5.49. The number of aromatic nitrogens is 1. The lowest BCUT2D eigenvalue weighted by molar-refractivity contribution is -0.0848. The Bertz CT molecular complexity index is 387. The van der Waals surface area contributed by atoms with Crippen LogP contribution in [0.25, 0.3) is 0 Å². The molecule has 2 unspecified atom stereocenters. The van der Waals surface area contributed by atoms with Gasteiger partial charge < -0.3 is 10.1 Å². The van der Waals surface area contributed by atoms with Crippen LogP contribution in [-0.4, -0.2) is 23.2 Å². The monoisotopic (exact) mass is 280 g/mol. The number of hydrogen-bond donors (Lipinski definition) is 1. The van der Waals surface area contributed by atoms with E-state index in [1.807, 2.05) is 6.20 Å². The van der Waals surface area contributed by atoms with Gasteiger partial charge in [0.15, 0.2) is 0 Å². The maximum atomic E-state index is 6.11. The molecular formula is C15H24N2OS. The summed E-state index contributed by atoms with van der Waals surface area (Å²) in [5.41, 5.74) is 0.205. The number of ether oxygens (including phenoxy) is 1. The average molecular weight is 280 g/mol. The molecule has 1 spiro atoms. The Morgan fingerprint density at radius 3 is 3.05 bits per heavy atom. The van der Waals surface area contributed by atoms with Gasteiger partial charge in [-0.05, 0) is 32.1 Å². The van der Waals surface area contributed by atoms with Crippen LogP contribution in [0.2, 0.25) is 0 Å². The van der Waals surface area contributed by atoms with Gasteiger partial charge in [0.1, 0.15) is 5.01 Å². The first kappa shape index (κ1) is 13.5. The Morgan fingerprint density at radius 1 is 1.53 bits per heavy atom. The smallest absolute Gasteiger partial charge is 0.109 e. The summed E-state index contributed by atoms with van der Waals surface area (Å²) < 4.78 is 6.11. The molecule has 2 heterocycles. The minimum atomic E-state index is 0.205. The molecule has 0 aromatic carbocycles. The van der Waals surface area contributed by atoms with E-state index in [9.17, 15) is 0 Å². The van der Waals surface area contributed by atoms with Crippen LogP contribution in [0.15, 0.2) is 11.6 Å². The van der Waals surface area contributed by atoms with E-state index in [1.54, 1.807) is 11.3 Å². The fourth-order valence-corrected chi connectivity index (χ4v) is 4.37. The van der Waals surface area contributed by atoms with Crippen LogP contribution in [0.4, 0.5) is 0 Å². The summed E-state index contributed by atoms with van der Waals surface area (Å²) >= 11 is 1.76. The summed E-state index contributed by atoms with van der Waals surface area (Å²) in [6.45, 7) is 3.16. The molecule has 3 rings (SSSR count). The molecule has 106 valence electrons. The third kappa shape index (κ3) is 3.01. The lowest BCUT2D eigenvalue weighted by atomic mass is 9.88. The normalized spacial score (nSPS) is 27.7. The van der Waals surface area contributed by atoms with Gasteiger partial charge in [-0.2, -0.15) is 0 Å². The van der Waals surface area contributed by atoms with Gasteiger partial charge in [-0.1, -0.05) is 19.8 Å². The van der Waals surface area contributed by atoms with Gasteiger partial charge in [0, 0.05) is 24.2 Å². The number of nitrogens with one attached hydrogen (secondary N) is 1. The molecule has 1 saturated carbocycles. The second-order valence-electron chi connectivity index (χ2n) is 5.93. The maximum Gasteiger partial charge on any atom is 0.109 e. The van der Waals surface area contributed by atoms with Crippen molar-refractivity contribution in [3.05, 3.63) is 16.6 Å². The predicted molar refractivity (Wildman–Crippen MR) is 78.5 cm³/mol. The SMILES string of the molecule is CCC(NC1CCOC2(CCCC2)C1)c1nccs1. The number of rotatable bonds is 4. The molecule has 0 radical (unpaired) electrons. The summed E-state index contributed by atoms with van der Waals surface area (Å²) in [5, 5.41) is 7.13. The first-order chi connectivity index (χ1) is 9.31. The highest BCUT2D eigenvalue weighted by molar-refractivity contribution is 7.09. The number of thiazole rings is 1. The van der Waals surface area contributed by atoms with Crippen LogP contribution in [0.5, 0.6) is 0 Å². The summed E-state index contributed by atoms with van der Waals surface area (Å²) in [6, 6.07) is 1.02. The van der Waals surface area contributed by atoms with Crippen LogP contribution >= 0.6 is 11.3 Å². The zero-order chi connectivity index (χ0) is 13.1. The van der Waals surface area contributed by atoms with Crippen molar-refractivity contribution in [2.24, 2.45) is 0 Å². The minimum Gasteiger partial charge on any atom is -0.375 e. The summed E-state index contributed by atoms with van der Waals surface area (Å²) in [7, 11) is 0. The van der Waals surface area contributed by atoms with E-state index in [4.69, 9.17) is 4.74 Å². The van der Waals surface area contributed by atoms with E-state index in [0.29, 0.717) is 12.1 Å². The van der Waals surface area contributed by atoms with E-state index < -0.39 is 0 Å². The van der Waals surface area contributed by atoms with E-state index in [2.05, 4.69) is 22.6 Å². The average Bonchev–Trinajstić information content (AvgIpc) is 3.08. The van der Waals surface area contributed by atoms with Gasteiger partial charge in [0.2, 0.25) is 0 Å². The zero-order valence-corrected chi connectivity index (χ0v) is 12.5. The van der Waals surface area contributed by atoms with Crippen LogP contribution in [-0.2, 0) is 4.74 Å². The molecular weight excluding hydrogens is 256 g/mol. The summed E-state index contributed by atoms with van der Waals surface area (Å²) in [5.74, 6) is 0. The van der Waals surface area contributed by atoms with Crippen LogP contribution in [0.1, 0.15) is 62.9 Å². The fraction of sp³-hybridized carbons (Fsp3) is 0.800. The lowest BCUT2D eigenvalue weighted by Crippen LogP contribution is -2.46. The van der Waals surface area contributed by atoms with Gasteiger partial charge in [0.25, 0.3) is 0 Å². The van der Waals surface area contributed by atoms with Crippen molar-refractivity contribution >= 4 is 11.3 Å². The molecule has 1 aliphatic carbocycles. The van der Waals surface area contributed by atoms with Crippen molar-refractivity contribution in [3.8, 4) is 0 Å². The summed E-state index contributed by atoms with van der Waals surface area (Å²) in [6.07, 6.45) is 10.6. The van der Waals surface area contributed by atoms with Crippen molar-refractivity contribution in [3.63, 3.8) is 0 Å². The predicted octanol–water partition coefficient (Wildman–Crippen LogP) is 3.68. The molecule has 4 heteroatoms. The highest BCUT2D eigenvalue weighted by Gasteiger charge is 2.40. The molecule has 2 fully saturated rings. The Balaban J connectivity index is 1.62. The third-order valence-electron chi connectivity index (χ3n) is 4.60. The first-order valence-electron chi connectivity index (χ1n) is 7.61. The van der Waals surface area contributed by atoms with E-state index in [-0.39, 0.29) is 5.60 Å². The van der Waals surface area contributed by atoms with Gasteiger partial charge in [-0.3, -0.25) is 0 Å². The van der Waals surface area contributed by atoms with E-state index >= 15 is 0 Å². The van der Waals surface area contributed by atoms with Crippen LogP contribution < -0.4 is 5.32 Å². The van der Waals surface area contributed by atoms with Crippen LogP contribution in [0.3, 0.4) is 0 Å². The van der Waals surface area contributed by atoms with Crippen molar-refractivity contribution in [1.29, 1.82) is 0 Å². The zero-order valence-electron chi connectivity index (χ0n) is 11.7. The molecule has 1 aromatic heterocycles. The molecule has 0 amide bonds. The quantitative estimate of drug-likeness (QED) is 0.913. The molecule has 2 aliphatic rings. The van der Waals surface area contributed by atoms with Crippen molar-refractivity contribution in [1.82, 2.24) is 10.3 Å². The molecule has 1 saturated heterocycles. The fourth-order valence-electron chi connectivity index (χ4n) is 3.59. The highest BCUT2D eigenvalue weighted by Crippen LogP contribution is 2.40. The maximum absolute atomic E-state index is 6.11. The molecule has 1 N–H and O–H groups in total. The van der Waals surface area contributed by atoms with Gasteiger partial charge in [0.05, 0.1) is 11.6 Å². The minimum absolute atomic E-state index is 0.205. The second kappa shape index (κ2) is 5.90. The Labute approximate surface area is 119 Å². The topological polar surface area (TPSA) is 34.1 Å². The Hall–Kier alpha value is -0.450. The highest BCUT2D eigenvalue weighted by atomic mass is 32.1. The van der Waals surface area contributed by atoms with Gasteiger partial charge in [-0.25, -0.2) is 4.98 Å². The number of nitrogens with zero attached hydrogens (tertiary/aromatic N) is 1. The van der Waals surface area contributed by atoms with E-state index in [1.165, 1.54) is 37.1 Å². The number of hydrogen-bond acceptors (Lipinski definition) is 4. The molecule has 3 nitrogen and oxygen atoms in total.